The molecule has 5 rings (SSSR count). The largest absolute Gasteiger partial charge is 0.507 e. The number of carbonyl (C=O) groups is 1. The Morgan fingerprint density at radius 1 is 1.23 bits per heavy atom. The molecule has 4 heterocycles. The van der Waals surface area contributed by atoms with E-state index < -0.39 is 0 Å². The van der Waals surface area contributed by atoms with E-state index in [0.29, 0.717) is 30.3 Å². The lowest BCUT2D eigenvalue weighted by Crippen LogP contribution is -2.48. The molecule has 1 aromatic carbocycles. The summed E-state index contributed by atoms with van der Waals surface area (Å²) in [6.07, 6.45) is 2.46. The number of phenolic OH excluding ortho intramolecular Hbond substituents is 1. The standard InChI is InChI=1S/C23H25N5O2/c1-3-20(30)28-12-15(13-28)22-21(14-8-9-27(2)11-14)17-10-18(25-26-23(17)24-22)16-6-4-5-7-19(16)29/h3-7,10,14-15,29H,1,8-9,11-13H2,2H3,(H,24,26). The second kappa shape index (κ2) is 7.25. The quantitative estimate of drug-likeness (QED) is 0.655. The second-order valence-corrected chi connectivity index (χ2v) is 8.35. The molecule has 2 aliphatic heterocycles. The molecule has 0 aliphatic carbocycles. The Balaban J connectivity index is 1.59. The van der Waals surface area contributed by atoms with Crippen molar-refractivity contribution in [3.63, 3.8) is 0 Å². The molecular formula is C23H25N5O2. The molecule has 0 spiro atoms. The van der Waals surface area contributed by atoms with Crippen molar-refractivity contribution in [1.82, 2.24) is 25.0 Å². The van der Waals surface area contributed by atoms with Crippen LogP contribution in [0.1, 0.15) is 29.5 Å². The summed E-state index contributed by atoms with van der Waals surface area (Å²) < 4.78 is 0. The third kappa shape index (κ3) is 3.06. The highest BCUT2D eigenvalue weighted by Gasteiger charge is 2.36. The number of phenols is 1. The number of H-pyrrole nitrogens is 1. The Kier molecular flexibility index (Phi) is 4.55. The van der Waals surface area contributed by atoms with Gasteiger partial charge in [0.15, 0.2) is 5.65 Å². The summed E-state index contributed by atoms with van der Waals surface area (Å²) in [5.41, 5.74) is 4.56. The number of aromatic hydroxyl groups is 1. The van der Waals surface area contributed by atoms with Crippen LogP contribution in [-0.2, 0) is 4.79 Å². The van der Waals surface area contributed by atoms with Crippen molar-refractivity contribution >= 4 is 16.9 Å². The Hall–Kier alpha value is -3.19. The van der Waals surface area contributed by atoms with Gasteiger partial charge in [0, 0.05) is 48.1 Å². The van der Waals surface area contributed by atoms with Gasteiger partial charge in [-0.1, -0.05) is 18.7 Å². The summed E-state index contributed by atoms with van der Waals surface area (Å²) in [4.78, 5) is 19.6. The number of carbonyl (C=O) groups excluding carboxylic acids is 1. The van der Waals surface area contributed by atoms with Crippen molar-refractivity contribution in [1.29, 1.82) is 0 Å². The van der Waals surface area contributed by atoms with Gasteiger partial charge in [-0.25, -0.2) is 0 Å². The lowest BCUT2D eigenvalue weighted by molar-refractivity contribution is -0.130. The Labute approximate surface area is 175 Å². The first-order valence-corrected chi connectivity index (χ1v) is 10.3. The molecule has 2 aromatic heterocycles. The summed E-state index contributed by atoms with van der Waals surface area (Å²) in [7, 11) is 2.15. The van der Waals surface area contributed by atoms with E-state index in [1.807, 2.05) is 23.1 Å². The minimum Gasteiger partial charge on any atom is -0.507 e. The fourth-order valence-electron chi connectivity index (χ4n) is 4.75. The van der Waals surface area contributed by atoms with Gasteiger partial charge in [-0.2, -0.15) is 0 Å². The van der Waals surface area contributed by atoms with E-state index in [1.54, 1.807) is 12.1 Å². The third-order valence-corrected chi connectivity index (χ3v) is 6.38. The summed E-state index contributed by atoms with van der Waals surface area (Å²) >= 11 is 0. The topological polar surface area (TPSA) is 85.3 Å². The molecule has 0 radical (unpaired) electrons. The van der Waals surface area contributed by atoms with Crippen LogP contribution in [0.4, 0.5) is 0 Å². The molecule has 1 atom stereocenters. The van der Waals surface area contributed by atoms with E-state index >= 15 is 0 Å². The van der Waals surface area contributed by atoms with Crippen LogP contribution >= 0.6 is 0 Å². The number of nitrogens with zero attached hydrogens (tertiary/aromatic N) is 4. The Morgan fingerprint density at radius 2 is 2.03 bits per heavy atom. The molecule has 2 N–H and O–H groups in total. The van der Waals surface area contributed by atoms with Gasteiger partial charge in [0.1, 0.15) is 5.75 Å². The first kappa shape index (κ1) is 18.8. The number of amides is 1. The Bertz CT molecular complexity index is 1130. The minimum atomic E-state index is -0.0221. The number of benzene rings is 1. The average molecular weight is 403 g/mol. The molecule has 2 aliphatic rings. The highest BCUT2D eigenvalue weighted by molar-refractivity contribution is 5.89. The Morgan fingerprint density at radius 3 is 2.73 bits per heavy atom. The molecule has 30 heavy (non-hydrogen) atoms. The van der Waals surface area contributed by atoms with Crippen LogP contribution in [-0.4, -0.2) is 69.2 Å². The summed E-state index contributed by atoms with van der Waals surface area (Å²) in [5.74, 6) is 0.842. The van der Waals surface area contributed by atoms with Gasteiger partial charge in [0.25, 0.3) is 0 Å². The van der Waals surface area contributed by atoms with Gasteiger partial charge in [-0.15, -0.1) is 10.2 Å². The van der Waals surface area contributed by atoms with Crippen molar-refractivity contribution in [2.75, 3.05) is 33.2 Å². The molecule has 0 saturated carbocycles. The number of hydrogen-bond acceptors (Lipinski definition) is 5. The molecule has 7 nitrogen and oxygen atoms in total. The zero-order chi connectivity index (χ0) is 20.8. The van der Waals surface area contributed by atoms with Crippen molar-refractivity contribution in [3.8, 4) is 17.0 Å². The average Bonchev–Trinajstić information content (AvgIpc) is 3.29. The van der Waals surface area contributed by atoms with Gasteiger partial charge in [-0.3, -0.25) is 4.79 Å². The molecule has 154 valence electrons. The number of nitrogens with one attached hydrogen (secondary N) is 1. The van der Waals surface area contributed by atoms with E-state index in [0.717, 1.165) is 30.5 Å². The fraction of sp³-hybridized carbons (Fsp3) is 0.348. The number of likely N-dealkylation sites (N-methyl/N-ethyl adjacent to an activating group) is 1. The third-order valence-electron chi connectivity index (χ3n) is 6.38. The van der Waals surface area contributed by atoms with Gasteiger partial charge >= 0.3 is 0 Å². The summed E-state index contributed by atoms with van der Waals surface area (Å²) in [6, 6.07) is 9.24. The van der Waals surface area contributed by atoms with Crippen LogP contribution in [0.5, 0.6) is 5.75 Å². The molecule has 1 amide bonds. The first-order valence-electron chi connectivity index (χ1n) is 10.3. The zero-order valence-electron chi connectivity index (χ0n) is 17.0. The van der Waals surface area contributed by atoms with Gasteiger partial charge < -0.3 is 19.9 Å². The van der Waals surface area contributed by atoms with Crippen molar-refractivity contribution < 1.29 is 9.90 Å². The summed E-state index contributed by atoms with van der Waals surface area (Å²) in [6.45, 7) is 7.02. The number of aromatic amines is 1. The smallest absolute Gasteiger partial charge is 0.245 e. The van der Waals surface area contributed by atoms with Gasteiger partial charge in [0.2, 0.25) is 5.91 Å². The predicted molar refractivity (Wildman–Crippen MR) is 115 cm³/mol. The number of likely N-dealkylation sites (tertiary alicyclic amines) is 2. The van der Waals surface area contributed by atoms with E-state index in [4.69, 9.17) is 0 Å². The SMILES string of the molecule is C=CC(=O)N1CC(c2[nH]c3nnc(-c4ccccc4O)cc3c2C2CCN(C)C2)C1. The van der Waals surface area contributed by atoms with E-state index in [2.05, 4.69) is 33.7 Å². The van der Waals surface area contributed by atoms with Crippen LogP contribution in [0, 0.1) is 0 Å². The highest BCUT2D eigenvalue weighted by Crippen LogP contribution is 2.41. The monoisotopic (exact) mass is 403 g/mol. The van der Waals surface area contributed by atoms with Gasteiger partial charge in [-0.05, 0) is 49.9 Å². The molecule has 2 saturated heterocycles. The molecule has 0 bridgehead atoms. The molecule has 7 heteroatoms. The fourth-order valence-corrected chi connectivity index (χ4v) is 4.75. The lowest BCUT2D eigenvalue weighted by Gasteiger charge is -2.39. The van der Waals surface area contributed by atoms with Crippen LogP contribution < -0.4 is 0 Å². The maximum absolute atomic E-state index is 11.9. The van der Waals surface area contributed by atoms with Crippen molar-refractivity contribution in [2.45, 2.75) is 18.3 Å². The van der Waals surface area contributed by atoms with Crippen LogP contribution in [0.3, 0.4) is 0 Å². The molecule has 2 fully saturated rings. The zero-order valence-corrected chi connectivity index (χ0v) is 17.0. The number of fused-ring (bicyclic) bond motifs is 1. The predicted octanol–water partition coefficient (Wildman–Crippen LogP) is 2.86. The maximum atomic E-state index is 11.9. The van der Waals surface area contributed by atoms with E-state index in [9.17, 15) is 9.90 Å². The van der Waals surface area contributed by atoms with Gasteiger partial charge in [0.05, 0.1) is 5.69 Å². The van der Waals surface area contributed by atoms with E-state index in [1.165, 1.54) is 17.3 Å². The minimum absolute atomic E-state index is 0.0221. The molecule has 1 unspecified atom stereocenters. The maximum Gasteiger partial charge on any atom is 0.245 e. The van der Waals surface area contributed by atoms with Crippen molar-refractivity contribution in [3.05, 3.63) is 54.2 Å². The van der Waals surface area contributed by atoms with Crippen LogP contribution in [0.2, 0.25) is 0 Å². The number of aromatic nitrogens is 3. The number of rotatable bonds is 4. The molecule has 3 aromatic rings. The van der Waals surface area contributed by atoms with Crippen LogP contribution in [0.25, 0.3) is 22.3 Å². The number of para-hydroxylation sites is 1. The lowest BCUT2D eigenvalue weighted by atomic mass is 9.87. The van der Waals surface area contributed by atoms with Crippen molar-refractivity contribution in [2.24, 2.45) is 0 Å². The second-order valence-electron chi connectivity index (χ2n) is 8.35. The highest BCUT2D eigenvalue weighted by atomic mass is 16.3. The first-order chi connectivity index (χ1) is 14.5. The van der Waals surface area contributed by atoms with Crippen LogP contribution in [0.15, 0.2) is 43.0 Å². The number of hydrogen-bond donors (Lipinski definition) is 2. The molecular weight excluding hydrogens is 378 g/mol. The normalized spacial score (nSPS) is 19.9. The van der Waals surface area contributed by atoms with E-state index in [-0.39, 0.29) is 17.6 Å². The summed E-state index contributed by atoms with van der Waals surface area (Å²) in [5, 5.41) is 20.1.